The molecule has 2 atom stereocenters. The minimum atomic E-state index is -3.11. The maximum atomic E-state index is 11.5. The van der Waals surface area contributed by atoms with Crippen LogP contribution in [0.1, 0.15) is 37.3 Å². The van der Waals surface area contributed by atoms with Gasteiger partial charge < -0.3 is 0 Å². The molecule has 0 aliphatic rings. The summed E-state index contributed by atoms with van der Waals surface area (Å²) in [6.45, 7) is 5.99. The Morgan fingerprint density at radius 2 is 1.61 bits per heavy atom. The average molecular weight is 289 g/mol. The van der Waals surface area contributed by atoms with Crippen molar-refractivity contribution < 1.29 is 8.42 Å². The van der Waals surface area contributed by atoms with E-state index < -0.39 is 20.5 Å². The quantitative estimate of drug-likeness (QED) is 0.776. The van der Waals surface area contributed by atoms with E-state index in [2.05, 4.69) is 13.8 Å². The van der Waals surface area contributed by atoms with Gasteiger partial charge in [-0.1, -0.05) is 38.1 Å². The lowest BCUT2D eigenvalue weighted by molar-refractivity contribution is 0.587. The van der Waals surface area contributed by atoms with Crippen LogP contribution in [0.5, 0.6) is 0 Å². The molecule has 0 saturated carbocycles. The largest absolute Gasteiger partial charge is 0.229 e. The lowest BCUT2D eigenvalue weighted by Gasteiger charge is -2.17. The predicted molar refractivity (Wildman–Crippen MR) is 77.9 cm³/mol. The molecular formula is C14H21ClO2S. The van der Waals surface area contributed by atoms with Gasteiger partial charge in [0.15, 0.2) is 9.84 Å². The number of hydrogen-bond donors (Lipinski definition) is 0. The molecule has 2 nitrogen and oxygen atoms in total. The van der Waals surface area contributed by atoms with Crippen LogP contribution in [-0.4, -0.2) is 19.9 Å². The van der Waals surface area contributed by atoms with Gasteiger partial charge in [0.05, 0.1) is 10.6 Å². The highest BCUT2D eigenvalue weighted by molar-refractivity contribution is 7.91. The van der Waals surface area contributed by atoms with Crippen molar-refractivity contribution in [3.8, 4) is 0 Å². The fourth-order valence-electron chi connectivity index (χ4n) is 1.80. The molecular weight excluding hydrogens is 268 g/mol. The van der Waals surface area contributed by atoms with Crippen LogP contribution in [0.25, 0.3) is 0 Å². The highest BCUT2D eigenvalue weighted by Gasteiger charge is 2.25. The molecule has 0 radical (unpaired) electrons. The number of rotatable bonds is 5. The van der Waals surface area contributed by atoms with Crippen LogP contribution in [0.3, 0.4) is 0 Å². The Kier molecular flexibility index (Phi) is 5.23. The zero-order valence-corrected chi connectivity index (χ0v) is 12.9. The van der Waals surface area contributed by atoms with E-state index in [4.69, 9.17) is 11.6 Å². The molecule has 0 amide bonds. The fraction of sp³-hybridized carbons (Fsp3) is 0.571. The van der Waals surface area contributed by atoms with Crippen LogP contribution < -0.4 is 0 Å². The minimum absolute atomic E-state index is 0.493. The van der Waals surface area contributed by atoms with E-state index in [1.165, 1.54) is 11.8 Å². The lowest BCUT2D eigenvalue weighted by Crippen LogP contribution is -2.21. The van der Waals surface area contributed by atoms with Crippen molar-refractivity contribution in [3.63, 3.8) is 0 Å². The Bertz CT molecular complexity index is 477. The summed E-state index contributed by atoms with van der Waals surface area (Å²) in [5, 5.41) is -1.07. The van der Waals surface area contributed by atoms with Gasteiger partial charge in [0.25, 0.3) is 0 Å². The van der Waals surface area contributed by atoms with Crippen molar-refractivity contribution in [1.82, 2.24) is 0 Å². The van der Waals surface area contributed by atoms with Crippen LogP contribution in [0.15, 0.2) is 24.3 Å². The molecule has 0 N–H and O–H groups in total. The van der Waals surface area contributed by atoms with E-state index in [0.717, 1.165) is 12.0 Å². The topological polar surface area (TPSA) is 34.1 Å². The van der Waals surface area contributed by atoms with Crippen LogP contribution in [-0.2, 0) is 16.3 Å². The minimum Gasteiger partial charge on any atom is -0.229 e. The highest BCUT2D eigenvalue weighted by Crippen LogP contribution is 2.28. The summed E-state index contributed by atoms with van der Waals surface area (Å²) in [4.78, 5) is 0. The average Bonchev–Trinajstić information content (AvgIpc) is 2.26. The second-order valence-corrected chi connectivity index (χ2v) is 8.15. The van der Waals surface area contributed by atoms with E-state index in [0.29, 0.717) is 5.92 Å². The first-order valence-electron chi connectivity index (χ1n) is 6.13. The Morgan fingerprint density at radius 3 is 2.00 bits per heavy atom. The first-order chi connectivity index (χ1) is 8.21. The van der Waals surface area contributed by atoms with Crippen LogP contribution >= 0.6 is 11.6 Å². The molecule has 2 unspecified atom stereocenters. The SMILES string of the molecule is CC(C)Cc1ccc(C(Cl)C(C)S(C)(=O)=O)cc1. The number of sulfone groups is 1. The lowest BCUT2D eigenvalue weighted by atomic mass is 10.0. The van der Waals surface area contributed by atoms with E-state index in [1.54, 1.807) is 6.92 Å². The summed E-state index contributed by atoms with van der Waals surface area (Å²) in [5.74, 6) is 0.609. The van der Waals surface area contributed by atoms with Gasteiger partial charge >= 0.3 is 0 Å². The molecule has 0 bridgehead atoms. The zero-order chi connectivity index (χ0) is 13.9. The number of hydrogen-bond acceptors (Lipinski definition) is 2. The van der Waals surface area contributed by atoms with Gasteiger partial charge in [-0.05, 0) is 30.4 Å². The van der Waals surface area contributed by atoms with Crippen LogP contribution in [0, 0.1) is 5.92 Å². The normalized spacial score (nSPS) is 15.7. The first-order valence-corrected chi connectivity index (χ1v) is 8.52. The van der Waals surface area contributed by atoms with Gasteiger partial charge in [-0.25, -0.2) is 8.42 Å². The van der Waals surface area contributed by atoms with Gasteiger partial charge in [-0.15, -0.1) is 11.6 Å². The molecule has 18 heavy (non-hydrogen) atoms. The monoisotopic (exact) mass is 288 g/mol. The Labute approximate surface area is 115 Å². The summed E-state index contributed by atoms with van der Waals surface area (Å²) in [7, 11) is -3.11. The summed E-state index contributed by atoms with van der Waals surface area (Å²) in [6.07, 6.45) is 2.25. The standard InChI is InChI=1S/C14H21ClO2S/c1-10(2)9-12-5-7-13(8-6-12)14(15)11(3)18(4,16)17/h5-8,10-11,14H,9H2,1-4H3. The van der Waals surface area contributed by atoms with Gasteiger partial charge in [0, 0.05) is 6.26 Å². The number of halogens is 1. The second kappa shape index (κ2) is 6.07. The van der Waals surface area contributed by atoms with Crippen molar-refractivity contribution in [2.75, 3.05) is 6.26 Å². The molecule has 4 heteroatoms. The number of alkyl halides is 1. The first kappa shape index (κ1) is 15.5. The third-order valence-corrected chi connectivity index (χ3v) is 5.43. The van der Waals surface area contributed by atoms with E-state index >= 15 is 0 Å². The third-order valence-electron chi connectivity index (χ3n) is 3.03. The smallest absolute Gasteiger partial charge is 0.151 e. The summed E-state index contributed by atoms with van der Waals surface area (Å²) in [5.41, 5.74) is 2.12. The van der Waals surface area contributed by atoms with Crippen LogP contribution in [0.4, 0.5) is 0 Å². The maximum absolute atomic E-state index is 11.5. The zero-order valence-electron chi connectivity index (χ0n) is 11.4. The molecule has 0 fully saturated rings. The molecule has 0 aliphatic carbocycles. The Hall–Kier alpha value is -0.540. The van der Waals surface area contributed by atoms with Crippen LogP contribution in [0.2, 0.25) is 0 Å². The second-order valence-electron chi connectivity index (χ2n) is 5.28. The van der Waals surface area contributed by atoms with E-state index in [9.17, 15) is 8.42 Å². The Balaban J connectivity index is 2.85. The highest BCUT2D eigenvalue weighted by atomic mass is 35.5. The fourth-order valence-corrected chi connectivity index (χ4v) is 3.09. The van der Waals surface area contributed by atoms with Gasteiger partial charge in [0.2, 0.25) is 0 Å². The predicted octanol–water partition coefficient (Wildman–Crippen LogP) is 3.60. The molecule has 1 rings (SSSR count). The molecule has 0 aliphatic heterocycles. The van der Waals surface area contributed by atoms with Crippen molar-refractivity contribution in [1.29, 1.82) is 0 Å². The molecule has 0 saturated heterocycles. The van der Waals surface area contributed by atoms with Gasteiger partial charge in [0.1, 0.15) is 0 Å². The maximum Gasteiger partial charge on any atom is 0.151 e. The van der Waals surface area contributed by atoms with Gasteiger partial charge in [-0.2, -0.15) is 0 Å². The molecule has 0 heterocycles. The van der Waals surface area contributed by atoms with Gasteiger partial charge in [-0.3, -0.25) is 0 Å². The molecule has 0 aromatic heterocycles. The molecule has 0 spiro atoms. The molecule has 1 aromatic carbocycles. The molecule has 102 valence electrons. The molecule has 1 aromatic rings. The van der Waals surface area contributed by atoms with Crippen molar-refractivity contribution in [2.45, 2.75) is 37.8 Å². The number of benzene rings is 1. The van der Waals surface area contributed by atoms with Crippen molar-refractivity contribution >= 4 is 21.4 Å². The van der Waals surface area contributed by atoms with E-state index in [-0.39, 0.29) is 0 Å². The van der Waals surface area contributed by atoms with E-state index in [1.807, 2.05) is 24.3 Å². The summed E-state index contributed by atoms with van der Waals surface area (Å²) < 4.78 is 22.9. The van der Waals surface area contributed by atoms with Crippen molar-refractivity contribution in [3.05, 3.63) is 35.4 Å². The van der Waals surface area contributed by atoms with Crippen molar-refractivity contribution in [2.24, 2.45) is 5.92 Å². The Morgan fingerprint density at radius 1 is 1.11 bits per heavy atom. The summed E-state index contributed by atoms with van der Waals surface area (Å²) >= 11 is 6.22. The third kappa shape index (κ3) is 4.29. The summed E-state index contributed by atoms with van der Waals surface area (Å²) in [6, 6.07) is 7.91.